The van der Waals surface area contributed by atoms with Gasteiger partial charge in [0.25, 0.3) is 0 Å². The Kier molecular flexibility index (Phi) is 5.24. The van der Waals surface area contributed by atoms with E-state index < -0.39 is 16.8 Å². The lowest BCUT2D eigenvalue weighted by Gasteiger charge is -2.46. The lowest BCUT2D eigenvalue weighted by atomic mass is 9.62. The van der Waals surface area contributed by atoms with Gasteiger partial charge < -0.3 is 24.1 Å². The van der Waals surface area contributed by atoms with Crippen molar-refractivity contribution in [2.45, 2.75) is 70.2 Å². The molecule has 0 aromatic carbocycles. The first-order valence-corrected chi connectivity index (χ1v) is 9.72. The molecular weight excluding hydrogens is 344 g/mol. The molecule has 2 saturated carbocycles. The van der Waals surface area contributed by atoms with E-state index in [4.69, 9.17) is 18.9 Å². The first-order chi connectivity index (χ1) is 12.6. The van der Waals surface area contributed by atoms with Crippen molar-refractivity contribution >= 4 is 0 Å². The van der Waals surface area contributed by atoms with Crippen molar-refractivity contribution < 1.29 is 24.1 Å². The van der Waals surface area contributed by atoms with Crippen LogP contribution in [0.5, 0.6) is 0 Å². The number of methoxy groups -OCH3 is 1. The van der Waals surface area contributed by atoms with Crippen LogP contribution in [0.4, 0.5) is 0 Å². The summed E-state index contributed by atoms with van der Waals surface area (Å²) in [5.41, 5.74) is -1.81. The molecule has 3 aliphatic rings. The van der Waals surface area contributed by atoms with Crippen molar-refractivity contribution in [2.75, 3.05) is 13.9 Å². The van der Waals surface area contributed by atoms with Gasteiger partial charge in [-0.3, -0.25) is 0 Å². The zero-order valence-electron chi connectivity index (χ0n) is 17.2. The highest BCUT2D eigenvalue weighted by Crippen LogP contribution is 2.71. The summed E-state index contributed by atoms with van der Waals surface area (Å²) in [5, 5.41) is 11.9. The summed E-state index contributed by atoms with van der Waals surface area (Å²) in [4.78, 5) is 0. The van der Waals surface area contributed by atoms with E-state index in [9.17, 15) is 5.11 Å². The van der Waals surface area contributed by atoms with Gasteiger partial charge in [-0.25, -0.2) is 0 Å². The van der Waals surface area contributed by atoms with Gasteiger partial charge in [0.15, 0.2) is 5.79 Å². The molecule has 3 fully saturated rings. The Morgan fingerprint density at radius 1 is 1.15 bits per heavy atom. The van der Waals surface area contributed by atoms with Crippen LogP contribution >= 0.6 is 0 Å². The number of hydrogen-bond donors (Lipinski definition) is 1. The Morgan fingerprint density at radius 3 is 2.41 bits per heavy atom. The molecule has 1 N–H and O–H groups in total. The molecule has 1 aliphatic heterocycles. The van der Waals surface area contributed by atoms with Crippen LogP contribution in [0, 0.1) is 16.7 Å². The van der Waals surface area contributed by atoms with Crippen molar-refractivity contribution in [1.82, 2.24) is 0 Å². The molecule has 0 radical (unpaired) electrons. The molecular formula is C22H34O5. The molecule has 0 aromatic heterocycles. The molecule has 0 aromatic rings. The summed E-state index contributed by atoms with van der Waals surface area (Å²) in [6.07, 6.45) is 8.34. The Bertz CT molecular complexity index is 624. The highest BCUT2D eigenvalue weighted by molar-refractivity contribution is 5.35. The number of hydrogen-bond acceptors (Lipinski definition) is 5. The van der Waals surface area contributed by atoms with Gasteiger partial charge in [-0.1, -0.05) is 38.2 Å². The number of ether oxygens (including phenoxy) is 4. The van der Waals surface area contributed by atoms with Gasteiger partial charge in [0.1, 0.15) is 24.6 Å². The largest absolute Gasteiger partial charge is 0.382 e. The van der Waals surface area contributed by atoms with Gasteiger partial charge >= 0.3 is 0 Å². The average Bonchev–Trinajstić information content (AvgIpc) is 3.10. The lowest BCUT2D eigenvalue weighted by Crippen LogP contribution is -2.53. The molecule has 2 bridgehead atoms. The van der Waals surface area contributed by atoms with Crippen LogP contribution in [0.1, 0.15) is 40.5 Å². The van der Waals surface area contributed by atoms with Crippen LogP contribution in [-0.4, -0.2) is 48.7 Å². The molecule has 1 heterocycles. The maximum absolute atomic E-state index is 11.9. The first kappa shape index (κ1) is 20.7. The average molecular weight is 379 g/mol. The predicted octanol–water partition coefficient (Wildman–Crippen LogP) is 3.59. The van der Waals surface area contributed by atoms with Crippen LogP contribution in [-0.2, 0) is 18.9 Å². The van der Waals surface area contributed by atoms with Crippen LogP contribution in [0.25, 0.3) is 0 Å². The fourth-order valence-electron chi connectivity index (χ4n) is 5.75. The summed E-state index contributed by atoms with van der Waals surface area (Å²) in [6.45, 7) is 16.2. The van der Waals surface area contributed by atoms with Crippen LogP contribution in [0.2, 0.25) is 0 Å². The molecule has 6 atom stereocenters. The van der Waals surface area contributed by atoms with E-state index in [2.05, 4.69) is 27.0 Å². The van der Waals surface area contributed by atoms with Gasteiger partial charge in [-0.15, -0.1) is 13.2 Å². The third-order valence-corrected chi connectivity index (χ3v) is 7.09. The standard InChI is InChI=1S/C22H34O5/c1-8-16-17(27-20(5,6)26-16)11-13-22(23)18(25-14-24-7)15-10-12-21(22,9-2)19(15,3)4/h8-9,11,13,15-18,23H,1-2,10,12,14H2,3-7H3/b13-11-/t15?,16-,17+,18?,21?,22?/m1/s1. The zero-order valence-corrected chi connectivity index (χ0v) is 17.2. The van der Waals surface area contributed by atoms with Gasteiger partial charge in [-0.05, 0) is 38.0 Å². The van der Waals surface area contributed by atoms with E-state index in [0.29, 0.717) is 0 Å². The van der Waals surface area contributed by atoms with E-state index in [1.165, 1.54) is 0 Å². The minimum absolute atomic E-state index is 0.142. The van der Waals surface area contributed by atoms with E-state index in [1.54, 1.807) is 13.2 Å². The highest BCUT2D eigenvalue weighted by atomic mass is 16.7. The molecule has 0 amide bonds. The summed E-state index contributed by atoms with van der Waals surface area (Å²) < 4.78 is 23.0. The molecule has 3 rings (SSSR count). The van der Waals surface area contributed by atoms with Gasteiger partial charge in [0, 0.05) is 12.5 Å². The summed E-state index contributed by atoms with van der Waals surface area (Å²) in [5.74, 6) is -0.473. The van der Waals surface area contributed by atoms with Crippen molar-refractivity contribution in [2.24, 2.45) is 16.7 Å². The summed E-state index contributed by atoms with van der Waals surface area (Å²) in [6, 6.07) is 0. The number of fused-ring (bicyclic) bond motifs is 2. The van der Waals surface area contributed by atoms with Crippen LogP contribution in [0.3, 0.4) is 0 Å². The van der Waals surface area contributed by atoms with E-state index >= 15 is 0 Å². The fourth-order valence-corrected chi connectivity index (χ4v) is 5.75. The Labute approximate surface area is 163 Å². The molecule has 4 unspecified atom stereocenters. The Morgan fingerprint density at radius 2 is 1.81 bits per heavy atom. The van der Waals surface area contributed by atoms with Crippen LogP contribution in [0.15, 0.2) is 37.5 Å². The second-order valence-corrected chi connectivity index (χ2v) is 9.02. The smallest absolute Gasteiger partial charge is 0.164 e. The fraction of sp³-hybridized carbons (Fsp3) is 0.727. The highest BCUT2D eigenvalue weighted by Gasteiger charge is 2.74. The molecule has 2 aliphatic carbocycles. The third kappa shape index (κ3) is 2.87. The van der Waals surface area contributed by atoms with Crippen LogP contribution < -0.4 is 0 Å². The second-order valence-electron chi connectivity index (χ2n) is 9.02. The predicted molar refractivity (Wildman–Crippen MR) is 104 cm³/mol. The summed E-state index contributed by atoms with van der Waals surface area (Å²) >= 11 is 0. The zero-order chi connectivity index (χ0) is 20.1. The minimum atomic E-state index is -1.19. The molecule has 27 heavy (non-hydrogen) atoms. The van der Waals surface area contributed by atoms with E-state index in [0.717, 1.165) is 12.8 Å². The maximum Gasteiger partial charge on any atom is 0.164 e. The van der Waals surface area contributed by atoms with E-state index in [-0.39, 0.29) is 36.4 Å². The van der Waals surface area contributed by atoms with E-state index in [1.807, 2.05) is 32.1 Å². The quantitative estimate of drug-likeness (QED) is 0.542. The topological polar surface area (TPSA) is 57.2 Å². The molecule has 0 spiro atoms. The van der Waals surface area contributed by atoms with Gasteiger partial charge in [0.2, 0.25) is 0 Å². The number of rotatable bonds is 7. The normalized spacial score (nSPS) is 44.8. The molecule has 5 nitrogen and oxygen atoms in total. The number of aliphatic hydroxyl groups is 1. The van der Waals surface area contributed by atoms with Crippen molar-refractivity contribution in [3.8, 4) is 0 Å². The van der Waals surface area contributed by atoms with Crippen molar-refractivity contribution in [1.29, 1.82) is 0 Å². The maximum atomic E-state index is 11.9. The molecule has 1 saturated heterocycles. The molecule has 152 valence electrons. The van der Waals surface area contributed by atoms with Gasteiger partial charge in [-0.2, -0.15) is 0 Å². The lowest BCUT2D eigenvalue weighted by molar-refractivity contribution is -0.167. The third-order valence-electron chi connectivity index (χ3n) is 7.09. The Hall–Kier alpha value is -0.980. The SMILES string of the molecule is C=C[C@H]1OC(C)(C)O[C@H]1/C=C\C1(O)C(OCOC)C2CCC1(C=C)C2(C)C. The first-order valence-electron chi connectivity index (χ1n) is 9.72. The van der Waals surface area contributed by atoms with Gasteiger partial charge in [0.05, 0.1) is 6.10 Å². The van der Waals surface area contributed by atoms with Crippen molar-refractivity contribution in [3.05, 3.63) is 37.5 Å². The summed E-state index contributed by atoms with van der Waals surface area (Å²) in [7, 11) is 1.59. The second kappa shape index (κ2) is 6.82. The molecule has 5 heteroatoms. The minimum Gasteiger partial charge on any atom is -0.382 e. The Balaban J connectivity index is 1.97. The van der Waals surface area contributed by atoms with Crippen molar-refractivity contribution in [3.63, 3.8) is 0 Å². The monoisotopic (exact) mass is 378 g/mol.